The van der Waals surface area contributed by atoms with Crippen LogP contribution in [-0.2, 0) is 4.79 Å². The van der Waals surface area contributed by atoms with Crippen molar-refractivity contribution in [3.05, 3.63) is 34.4 Å². The first-order valence-electron chi connectivity index (χ1n) is 8.35. The van der Waals surface area contributed by atoms with Crippen LogP contribution in [0.5, 0.6) is 0 Å². The number of nitro benzene ring substituents is 1. The molecule has 0 atom stereocenters. The van der Waals surface area contributed by atoms with E-state index in [0.29, 0.717) is 18.8 Å². The average molecular weight is 319 g/mol. The maximum absolute atomic E-state index is 12.3. The number of amides is 1. The lowest BCUT2D eigenvalue weighted by molar-refractivity contribution is -0.384. The Kier molecular flexibility index (Phi) is 5.96. The Labute approximate surface area is 137 Å². The second kappa shape index (κ2) is 7.94. The number of rotatable bonds is 6. The molecule has 0 aliphatic carbocycles. The quantitative estimate of drug-likeness (QED) is 0.645. The van der Waals surface area contributed by atoms with Crippen molar-refractivity contribution >= 4 is 17.3 Å². The SMILES string of the molecule is CCC(CC)NC(=O)C1CCN(c2ccccc2[N+](=O)[O-])CC1. The number of hydrogen-bond donors (Lipinski definition) is 1. The standard InChI is InChI=1S/C17H25N3O3/c1-3-14(4-2)18-17(21)13-9-11-19(12-10-13)15-7-5-6-8-16(15)20(22)23/h5-8,13-14H,3-4,9-12H2,1-2H3,(H,18,21). The molecule has 1 amide bonds. The summed E-state index contributed by atoms with van der Waals surface area (Å²) >= 11 is 0. The van der Waals surface area contributed by atoms with Gasteiger partial charge in [-0.3, -0.25) is 14.9 Å². The van der Waals surface area contributed by atoms with Crippen LogP contribution in [0, 0.1) is 16.0 Å². The van der Waals surface area contributed by atoms with Crippen LogP contribution in [0.25, 0.3) is 0 Å². The van der Waals surface area contributed by atoms with Gasteiger partial charge in [0.1, 0.15) is 5.69 Å². The highest BCUT2D eigenvalue weighted by Crippen LogP contribution is 2.31. The Morgan fingerprint density at radius 3 is 2.48 bits per heavy atom. The van der Waals surface area contributed by atoms with Crippen molar-refractivity contribution in [2.24, 2.45) is 5.92 Å². The van der Waals surface area contributed by atoms with E-state index in [1.54, 1.807) is 12.1 Å². The molecule has 0 radical (unpaired) electrons. The zero-order chi connectivity index (χ0) is 16.8. The van der Waals surface area contributed by atoms with E-state index >= 15 is 0 Å². The number of carbonyl (C=O) groups excluding carboxylic acids is 1. The summed E-state index contributed by atoms with van der Waals surface area (Å²) < 4.78 is 0. The van der Waals surface area contributed by atoms with Crippen LogP contribution in [0.4, 0.5) is 11.4 Å². The van der Waals surface area contributed by atoms with E-state index in [1.807, 2.05) is 11.0 Å². The predicted molar refractivity (Wildman–Crippen MR) is 90.5 cm³/mol. The van der Waals surface area contributed by atoms with Gasteiger partial charge in [-0.2, -0.15) is 0 Å². The number of para-hydroxylation sites is 2. The highest BCUT2D eigenvalue weighted by atomic mass is 16.6. The van der Waals surface area contributed by atoms with E-state index in [1.165, 1.54) is 6.07 Å². The normalized spacial score (nSPS) is 15.7. The highest BCUT2D eigenvalue weighted by molar-refractivity contribution is 5.79. The molecule has 2 rings (SSSR count). The molecule has 0 bridgehead atoms. The van der Waals surface area contributed by atoms with Crippen molar-refractivity contribution in [3.63, 3.8) is 0 Å². The molecule has 1 aromatic rings. The number of carbonyl (C=O) groups is 1. The molecule has 6 heteroatoms. The first-order valence-corrected chi connectivity index (χ1v) is 8.35. The molecule has 1 aliphatic heterocycles. The maximum atomic E-state index is 12.3. The van der Waals surface area contributed by atoms with Crippen molar-refractivity contribution in [1.29, 1.82) is 0 Å². The third kappa shape index (κ3) is 4.21. The molecule has 0 spiro atoms. The summed E-state index contributed by atoms with van der Waals surface area (Å²) in [6.07, 6.45) is 3.35. The molecule has 0 unspecified atom stereocenters. The summed E-state index contributed by atoms with van der Waals surface area (Å²) in [5.41, 5.74) is 0.781. The Morgan fingerprint density at radius 1 is 1.30 bits per heavy atom. The predicted octanol–water partition coefficient (Wildman–Crippen LogP) is 3.12. The molecule has 1 aliphatic rings. The van der Waals surface area contributed by atoms with E-state index in [9.17, 15) is 14.9 Å². The molecule has 0 saturated carbocycles. The largest absolute Gasteiger partial charge is 0.366 e. The van der Waals surface area contributed by atoms with Crippen molar-refractivity contribution in [1.82, 2.24) is 5.32 Å². The number of anilines is 1. The lowest BCUT2D eigenvalue weighted by atomic mass is 9.94. The highest BCUT2D eigenvalue weighted by Gasteiger charge is 2.28. The third-order valence-corrected chi connectivity index (χ3v) is 4.62. The minimum atomic E-state index is -0.346. The van der Waals surface area contributed by atoms with Crippen molar-refractivity contribution in [2.75, 3.05) is 18.0 Å². The molecule has 23 heavy (non-hydrogen) atoms. The van der Waals surface area contributed by atoms with Crippen LogP contribution < -0.4 is 10.2 Å². The van der Waals surface area contributed by atoms with E-state index in [0.717, 1.165) is 25.7 Å². The zero-order valence-electron chi connectivity index (χ0n) is 13.8. The summed E-state index contributed by atoms with van der Waals surface area (Å²) in [5.74, 6) is 0.135. The van der Waals surface area contributed by atoms with Gasteiger partial charge >= 0.3 is 0 Å². The van der Waals surface area contributed by atoms with Gasteiger partial charge in [0.05, 0.1) is 4.92 Å². The van der Waals surface area contributed by atoms with Gasteiger partial charge in [0, 0.05) is 31.1 Å². The average Bonchev–Trinajstić information content (AvgIpc) is 2.59. The lowest BCUT2D eigenvalue weighted by Crippen LogP contribution is -2.43. The topological polar surface area (TPSA) is 75.5 Å². The summed E-state index contributed by atoms with van der Waals surface area (Å²) in [5, 5.41) is 14.2. The van der Waals surface area contributed by atoms with Gasteiger partial charge in [-0.05, 0) is 31.7 Å². The maximum Gasteiger partial charge on any atom is 0.292 e. The number of benzene rings is 1. The molecule has 1 heterocycles. The second-order valence-electron chi connectivity index (χ2n) is 6.03. The van der Waals surface area contributed by atoms with Gasteiger partial charge in [0.25, 0.3) is 5.69 Å². The van der Waals surface area contributed by atoms with Crippen LogP contribution in [0.15, 0.2) is 24.3 Å². The van der Waals surface area contributed by atoms with Crippen molar-refractivity contribution < 1.29 is 9.72 Å². The number of hydrogen-bond acceptors (Lipinski definition) is 4. The Balaban J connectivity index is 1.96. The monoisotopic (exact) mass is 319 g/mol. The van der Waals surface area contributed by atoms with E-state index < -0.39 is 0 Å². The van der Waals surface area contributed by atoms with E-state index in [4.69, 9.17) is 0 Å². The van der Waals surface area contributed by atoms with Crippen molar-refractivity contribution in [2.45, 2.75) is 45.6 Å². The lowest BCUT2D eigenvalue weighted by Gasteiger charge is -2.33. The number of nitrogens with zero attached hydrogens (tertiary/aromatic N) is 2. The van der Waals surface area contributed by atoms with E-state index in [-0.39, 0.29) is 28.5 Å². The molecular weight excluding hydrogens is 294 g/mol. The fraction of sp³-hybridized carbons (Fsp3) is 0.588. The first-order chi connectivity index (χ1) is 11.1. The van der Waals surface area contributed by atoms with Gasteiger partial charge < -0.3 is 10.2 Å². The van der Waals surface area contributed by atoms with Gasteiger partial charge in [-0.15, -0.1) is 0 Å². The molecule has 126 valence electrons. The van der Waals surface area contributed by atoms with Gasteiger partial charge in [0.15, 0.2) is 0 Å². The van der Waals surface area contributed by atoms with Crippen LogP contribution in [0.2, 0.25) is 0 Å². The van der Waals surface area contributed by atoms with Gasteiger partial charge in [-0.25, -0.2) is 0 Å². The smallest absolute Gasteiger partial charge is 0.292 e. The minimum absolute atomic E-state index is 0.00891. The minimum Gasteiger partial charge on any atom is -0.366 e. The second-order valence-corrected chi connectivity index (χ2v) is 6.03. The van der Waals surface area contributed by atoms with Crippen LogP contribution in [0.1, 0.15) is 39.5 Å². The molecule has 0 aromatic heterocycles. The summed E-state index contributed by atoms with van der Waals surface area (Å²) in [6, 6.07) is 7.05. The molecule has 1 saturated heterocycles. The van der Waals surface area contributed by atoms with Crippen molar-refractivity contribution in [3.8, 4) is 0 Å². The van der Waals surface area contributed by atoms with Gasteiger partial charge in [0.2, 0.25) is 5.91 Å². The molecule has 1 fully saturated rings. The van der Waals surface area contributed by atoms with E-state index in [2.05, 4.69) is 19.2 Å². The molecular formula is C17H25N3O3. The fourth-order valence-electron chi connectivity index (χ4n) is 3.08. The molecule has 1 N–H and O–H groups in total. The Morgan fingerprint density at radius 2 is 1.91 bits per heavy atom. The van der Waals surface area contributed by atoms with Crippen LogP contribution in [-0.4, -0.2) is 30.0 Å². The summed E-state index contributed by atoms with van der Waals surface area (Å²) in [7, 11) is 0. The number of nitro groups is 1. The first kappa shape index (κ1) is 17.2. The van der Waals surface area contributed by atoms with Gasteiger partial charge in [-0.1, -0.05) is 26.0 Å². The van der Waals surface area contributed by atoms with Crippen LogP contribution >= 0.6 is 0 Å². The fourth-order valence-corrected chi connectivity index (χ4v) is 3.08. The number of nitrogens with one attached hydrogen (secondary N) is 1. The molecule has 1 aromatic carbocycles. The third-order valence-electron chi connectivity index (χ3n) is 4.62. The van der Waals surface area contributed by atoms with Crippen LogP contribution in [0.3, 0.4) is 0 Å². The molecule has 6 nitrogen and oxygen atoms in total. The Hall–Kier alpha value is -2.11. The Bertz CT molecular complexity index is 550. The number of piperidine rings is 1. The summed E-state index contributed by atoms with van der Waals surface area (Å²) in [6.45, 7) is 5.49. The zero-order valence-corrected chi connectivity index (χ0v) is 13.8. The summed E-state index contributed by atoms with van der Waals surface area (Å²) in [4.78, 5) is 25.1.